The van der Waals surface area contributed by atoms with E-state index in [1.54, 1.807) is 19.2 Å². The average Bonchev–Trinajstić information content (AvgIpc) is 2.69. The number of nitrogens with two attached hydrogens (primary N) is 1. The summed E-state index contributed by atoms with van der Waals surface area (Å²) in [6.07, 6.45) is 3.19. The van der Waals surface area contributed by atoms with Crippen LogP contribution in [-0.2, 0) is 4.79 Å². The topological polar surface area (TPSA) is 64.3 Å². The second-order valence-corrected chi connectivity index (χ2v) is 5.88. The molecule has 1 aliphatic carbocycles. The first-order valence-electron chi connectivity index (χ1n) is 6.68. The van der Waals surface area contributed by atoms with Gasteiger partial charge in [0, 0.05) is 11.6 Å². The molecule has 1 atom stereocenters. The van der Waals surface area contributed by atoms with Gasteiger partial charge in [-0.3, -0.25) is 4.79 Å². The molecule has 1 unspecified atom stereocenters. The van der Waals surface area contributed by atoms with Crippen molar-refractivity contribution >= 4 is 17.3 Å². The molecule has 19 heavy (non-hydrogen) atoms. The minimum Gasteiger partial charge on any atom is -0.495 e. The largest absolute Gasteiger partial charge is 0.495 e. The highest BCUT2D eigenvalue weighted by Crippen LogP contribution is 2.43. The van der Waals surface area contributed by atoms with Crippen molar-refractivity contribution < 1.29 is 9.53 Å². The van der Waals surface area contributed by atoms with E-state index in [0.717, 1.165) is 24.9 Å². The molecule has 1 saturated carbocycles. The highest BCUT2D eigenvalue weighted by Gasteiger charge is 2.39. The van der Waals surface area contributed by atoms with Crippen molar-refractivity contribution in [3.8, 4) is 5.75 Å². The summed E-state index contributed by atoms with van der Waals surface area (Å²) in [5.41, 5.74) is 7.18. The van der Waals surface area contributed by atoms with Crippen LogP contribution in [0.2, 0.25) is 0 Å². The molecule has 0 radical (unpaired) electrons. The molecule has 1 aromatic carbocycles. The van der Waals surface area contributed by atoms with Crippen LogP contribution in [0.5, 0.6) is 5.75 Å². The first kappa shape index (κ1) is 13.7. The molecule has 1 amide bonds. The fourth-order valence-electron chi connectivity index (χ4n) is 2.85. The lowest BCUT2D eigenvalue weighted by atomic mass is 9.81. The molecular weight excluding hydrogens is 240 g/mol. The minimum atomic E-state index is 0.0795. The van der Waals surface area contributed by atoms with Crippen molar-refractivity contribution in [1.29, 1.82) is 0 Å². The van der Waals surface area contributed by atoms with E-state index in [9.17, 15) is 4.79 Å². The van der Waals surface area contributed by atoms with Crippen molar-refractivity contribution in [3.05, 3.63) is 18.2 Å². The maximum Gasteiger partial charge on any atom is 0.228 e. The van der Waals surface area contributed by atoms with Crippen LogP contribution in [0.1, 0.15) is 33.1 Å². The van der Waals surface area contributed by atoms with Crippen LogP contribution in [0, 0.1) is 11.3 Å². The average molecular weight is 262 g/mol. The number of nitrogens with one attached hydrogen (secondary N) is 1. The molecule has 0 heterocycles. The highest BCUT2D eigenvalue weighted by atomic mass is 16.5. The summed E-state index contributed by atoms with van der Waals surface area (Å²) in [4.78, 5) is 12.3. The van der Waals surface area contributed by atoms with E-state index >= 15 is 0 Å². The molecule has 3 N–H and O–H groups in total. The third kappa shape index (κ3) is 2.83. The number of methoxy groups -OCH3 is 1. The van der Waals surface area contributed by atoms with Gasteiger partial charge in [0.1, 0.15) is 5.75 Å². The number of amides is 1. The fraction of sp³-hybridized carbons (Fsp3) is 0.533. The Labute approximate surface area is 114 Å². The van der Waals surface area contributed by atoms with Gasteiger partial charge in [0.2, 0.25) is 5.91 Å². The number of hydrogen-bond donors (Lipinski definition) is 2. The molecule has 0 aliphatic heterocycles. The van der Waals surface area contributed by atoms with Crippen LogP contribution in [0.3, 0.4) is 0 Å². The van der Waals surface area contributed by atoms with Gasteiger partial charge in [-0.25, -0.2) is 0 Å². The SMILES string of the molecule is COc1ccc(NC(=O)C2CCCC2(C)C)cc1N. The monoisotopic (exact) mass is 262 g/mol. The summed E-state index contributed by atoms with van der Waals surface area (Å²) in [6, 6.07) is 5.32. The van der Waals surface area contributed by atoms with Crippen LogP contribution in [-0.4, -0.2) is 13.0 Å². The molecular formula is C15H22N2O2. The van der Waals surface area contributed by atoms with E-state index < -0.39 is 0 Å². The quantitative estimate of drug-likeness (QED) is 0.823. The van der Waals surface area contributed by atoms with E-state index in [4.69, 9.17) is 10.5 Å². The number of anilines is 2. The first-order valence-corrected chi connectivity index (χ1v) is 6.68. The Morgan fingerprint density at radius 3 is 2.74 bits per heavy atom. The second kappa shape index (κ2) is 5.11. The lowest BCUT2D eigenvalue weighted by Crippen LogP contribution is -2.30. The Bertz CT molecular complexity index is 483. The van der Waals surface area contributed by atoms with Gasteiger partial charge in [0.15, 0.2) is 0 Å². The van der Waals surface area contributed by atoms with E-state index in [2.05, 4.69) is 19.2 Å². The van der Waals surface area contributed by atoms with E-state index in [-0.39, 0.29) is 17.2 Å². The molecule has 1 fully saturated rings. The Hall–Kier alpha value is -1.71. The molecule has 1 aliphatic rings. The first-order chi connectivity index (χ1) is 8.94. The molecule has 2 rings (SSSR count). The maximum absolute atomic E-state index is 12.3. The molecule has 1 aromatic rings. The second-order valence-electron chi connectivity index (χ2n) is 5.88. The van der Waals surface area contributed by atoms with Gasteiger partial charge in [-0.2, -0.15) is 0 Å². The summed E-state index contributed by atoms with van der Waals surface area (Å²) in [7, 11) is 1.57. The number of carbonyl (C=O) groups excluding carboxylic acids is 1. The van der Waals surface area contributed by atoms with Gasteiger partial charge in [0.25, 0.3) is 0 Å². The van der Waals surface area contributed by atoms with Crippen molar-refractivity contribution in [2.24, 2.45) is 11.3 Å². The summed E-state index contributed by atoms with van der Waals surface area (Å²) in [5.74, 6) is 0.794. The Morgan fingerprint density at radius 2 is 2.21 bits per heavy atom. The third-order valence-electron chi connectivity index (χ3n) is 4.07. The zero-order chi connectivity index (χ0) is 14.0. The third-order valence-corrected chi connectivity index (χ3v) is 4.07. The van der Waals surface area contributed by atoms with Crippen LogP contribution in [0.25, 0.3) is 0 Å². The predicted octanol–water partition coefficient (Wildman–Crippen LogP) is 3.04. The number of nitrogen functional groups attached to an aromatic ring is 1. The smallest absolute Gasteiger partial charge is 0.228 e. The molecule has 0 aromatic heterocycles. The normalized spacial score (nSPS) is 21.1. The van der Waals surface area contributed by atoms with Crippen molar-refractivity contribution in [2.75, 3.05) is 18.2 Å². The van der Waals surface area contributed by atoms with E-state index in [1.165, 1.54) is 0 Å². The molecule has 0 saturated heterocycles. The zero-order valence-electron chi connectivity index (χ0n) is 11.8. The Balaban J connectivity index is 2.09. The Morgan fingerprint density at radius 1 is 1.47 bits per heavy atom. The number of carbonyl (C=O) groups is 1. The van der Waals surface area contributed by atoms with Gasteiger partial charge in [-0.15, -0.1) is 0 Å². The predicted molar refractivity (Wildman–Crippen MR) is 77.2 cm³/mol. The van der Waals surface area contributed by atoms with E-state index in [1.807, 2.05) is 6.07 Å². The summed E-state index contributed by atoms with van der Waals surface area (Å²) < 4.78 is 5.10. The molecule has 104 valence electrons. The van der Waals surface area contributed by atoms with Gasteiger partial charge in [-0.1, -0.05) is 20.3 Å². The van der Waals surface area contributed by atoms with Crippen molar-refractivity contribution in [1.82, 2.24) is 0 Å². The summed E-state index contributed by atoms with van der Waals surface area (Å²) in [6.45, 7) is 4.32. The lowest BCUT2D eigenvalue weighted by molar-refractivity contribution is -0.122. The molecule has 4 nitrogen and oxygen atoms in total. The molecule has 0 bridgehead atoms. The molecule has 0 spiro atoms. The lowest BCUT2D eigenvalue weighted by Gasteiger charge is -2.25. The minimum absolute atomic E-state index is 0.0795. The number of ether oxygens (including phenoxy) is 1. The fourth-order valence-corrected chi connectivity index (χ4v) is 2.85. The van der Waals surface area contributed by atoms with Crippen LogP contribution in [0.15, 0.2) is 18.2 Å². The zero-order valence-corrected chi connectivity index (χ0v) is 11.8. The number of rotatable bonds is 3. The van der Waals surface area contributed by atoms with Crippen molar-refractivity contribution in [2.45, 2.75) is 33.1 Å². The van der Waals surface area contributed by atoms with Gasteiger partial charge in [0.05, 0.1) is 12.8 Å². The number of benzene rings is 1. The maximum atomic E-state index is 12.3. The van der Waals surface area contributed by atoms with E-state index in [0.29, 0.717) is 11.4 Å². The molecule has 4 heteroatoms. The van der Waals surface area contributed by atoms with Crippen LogP contribution in [0.4, 0.5) is 11.4 Å². The number of hydrogen-bond acceptors (Lipinski definition) is 3. The van der Waals surface area contributed by atoms with Gasteiger partial charge < -0.3 is 15.8 Å². The van der Waals surface area contributed by atoms with Gasteiger partial charge >= 0.3 is 0 Å². The van der Waals surface area contributed by atoms with Crippen LogP contribution >= 0.6 is 0 Å². The summed E-state index contributed by atoms with van der Waals surface area (Å²) in [5, 5.41) is 2.96. The van der Waals surface area contributed by atoms with Crippen LogP contribution < -0.4 is 15.8 Å². The standard InChI is InChI=1S/C15H22N2O2/c1-15(2)8-4-5-11(15)14(18)17-10-6-7-13(19-3)12(16)9-10/h6-7,9,11H,4-5,8,16H2,1-3H3,(H,17,18). The highest BCUT2D eigenvalue weighted by molar-refractivity contribution is 5.93. The van der Waals surface area contributed by atoms with Gasteiger partial charge in [-0.05, 0) is 36.5 Å². The Kier molecular flexibility index (Phi) is 3.69. The summed E-state index contributed by atoms with van der Waals surface area (Å²) >= 11 is 0. The van der Waals surface area contributed by atoms with Crippen molar-refractivity contribution in [3.63, 3.8) is 0 Å².